The van der Waals surface area contributed by atoms with Crippen LogP contribution in [0.4, 0.5) is 0 Å². The van der Waals surface area contributed by atoms with Gasteiger partial charge in [0.15, 0.2) is 6.10 Å². The molecule has 18 heavy (non-hydrogen) atoms. The lowest BCUT2D eigenvalue weighted by molar-refractivity contribution is -0.196. The Morgan fingerprint density at radius 2 is 1.83 bits per heavy atom. The minimum Gasteiger partial charge on any atom is -0.462 e. The van der Waals surface area contributed by atoms with Crippen molar-refractivity contribution in [3.63, 3.8) is 0 Å². The van der Waals surface area contributed by atoms with Crippen LogP contribution in [0.2, 0.25) is 0 Å². The molecular weight excluding hydrogens is 240 g/mol. The lowest BCUT2D eigenvalue weighted by Crippen LogP contribution is -2.44. The van der Waals surface area contributed by atoms with Crippen LogP contribution in [-0.2, 0) is 28.6 Å². The molecule has 3 unspecified atom stereocenters. The van der Waals surface area contributed by atoms with E-state index in [1.807, 2.05) is 0 Å². The standard InChI is InChI=1S/C12H16O6/c1-7-11(14)18-9(12(15)16-7)6-8-4-2-3-5-10(13)17-8/h7-9H,2-6H2,1H3. The van der Waals surface area contributed by atoms with E-state index in [1.165, 1.54) is 6.92 Å². The van der Waals surface area contributed by atoms with Crippen LogP contribution < -0.4 is 0 Å². The topological polar surface area (TPSA) is 78.9 Å². The molecule has 0 aromatic carbocycles. The summed E-state index contributed by atoms with van der Waals surface area (Å²) in [6, 6.07) is 0. The predicted octanol–water partition coefficient (Wildman–Crippen LogP) is 0.719. The van der Waals surface area contributed by atoms with Gasteiger partial charge in [-0.2, -0.15) is 0 Å². The largest absolute Gasteiger partial charge is 0.462 e. The van der Waals surface area contributed by atoms with E-state index in [-0.39, 0.29) is 18.5 Å². The van der Waals surface area contributed by atoms with Gasteiger partial charge in [-0.3, -0.25) is 4.79 Å². The fourth-order valence-electron chi connectivity index (χ4n) is 2.08. The number of esters is 3. The molecule has 0 saturated carbocycles. The smallest absolute Gasteiger partial charge is 0.348 e. The maximum Gasteiger partial charge on any atom is 0.348 e. The summed E-state index contributed by atoms with van der Waals surface area (Å²) in [5.74, 6) is -1.39. The van der Waals surface area contributed by atoms with Gasteiger partial charge in [-0.1, -0.05) is 0 Å². The zero-order chi connectivity index (χ0) is 13.1. The molecule has 6 heteroatoms. The Bertz CT molecular complexity index is 364. The molecule has 0 aromatic rings. The van der Waals surface area contributed by atoms with E-state index in [1.54, 1.807) is 0 Å². The zero-order valence-corrected chi connectivity index (χ0v) is 10.2. The maximum atomic E-state index is 11.6. The first-order valence-electron chi connectivity index (χ1n) is 6.16. The minimum absolute atomic E-state index is 0.184. The van der Waals surface area contributed by atoms with Crippen LogP contribution in [0.3, 0.4) is 0 Å². The van der Waals surface area contributed by atoms with Gasteiger partial charge in [-0.05, 0) is 26.2 Å². The highest BCUT2D eigenvalue weighted by molar-refractivity contribution is 5.87. The summed E-state index contributed by atoms with van der Waals surface area (Å²) < 4.78 is 15.0. The number of hydrogen-bond donors (Lipinski definition) is 0. The van der Waals surface area contributed by atoms with Crippen molar-refractivity contribution in [2.75, 3.05) is 0 Å². The van der Waals surface area contributed by atoms with Crippen LogP contribution >= 0.6 is 0 Å². The van der Waals surface area contributed by atoms with Crippen molar-refractivity contribution in [2.24, 2.45) is 0 Å². The Balaban J connectivity index is 1.93. The fourth-order valence-corrected chi connectivity index (χ4v) is 2.08. The first-order chi connectivity index (χ1) is 8.56. The highest BCUT2D eigenvalue weighted by Gasteiger charge is 2.38. The molecule has 0 amide bonds. The Morgan fingerprint density at radius 1 is 1.06 bits per heavy atom. The van der Waals surface area contributed by atoms with E-state index in [0.29, 0.717) is 12.8 Å². The molecule has 0 aliphatic carbocycles. The average molecular weight is 256 g/mol. The van der Waals surface area contributed by atoms with Crippen molar-refractivity contribution in [1.82, 2.24) is 0 Å². The van der Waals surface area contributed by atoms with E-state index in [9.17, 15) is 14.4 Å². The summed E-state index contributed by atoms with van der Waals surface area (Å²) in [7, 11) is 0. The molecule has 2 heterocycles. The highest BCUT2D eigenvalue weighted by Crippen LogP contribution is 2.22. The summed E-state index contributed by atoms with van der Waals surface area (Å²) in [6.07, 6.45) is 0.742. The number of cyclic esters (lactones) is 3. The molecule has 2 rings (SSSR count). The van der Waals surface area contributed by atoms with Gasteiger partial charge in [0.25, 0.3) is 0 Å². The average Bonchev–Trinajstić information content (AvgIpc) is 2.50. The van der Waals surface area contributed by atoms with E-state index in [2.05, 4.69) is 0 Å². The molecule has 0 N–H and O–H groups in total. The Morgan fingerprint density at radius 3 is 2.61 bits per heavy atom. The van der Waals surface area contributed by atoms with E-state index >= 15 is 0 Å². The van der Waals surface area contributed by atoms with Crippen molar-refractivity contribution in [3.8, 4) is 0 Å². The highest BCUT2D eigenvalue weighted by atomic mass is 16.6. The molecule has 0 radical (unpaired) electrons. The van der Waals surface area contributed by atoms with Crippen molar-refractivity contribution < 1.29 is 28.6 Å². The number of carbonyl (C=O) groups excluding carboxylic acids is 3. The second kappa shape index (κ2) is 5.37. The molecule has 0 aromatic heterocycles. The maximum absolute atomic E-state index is 11.6. The van der Waals surface area contributed by atoms with Crippen LogP contribution in [0.5, 0.6) is 0 Å². The van der Waals surface area contributed by atoms with Gasteiger partial charge >= 0.3 is 17.9 Å². The number of rotatable bonds is 2. The number of carbonyl (C=O) groups is 3. The molecule has 100 valence electrons. The first-order valence-corrected chi connectivity index (χ1v) is 6.16. The predicted molar refractivity (Wildman–Crippen MR) is 58.4 cm³/mol. The monoisotopic (exact) mass is 256 g/mol. The summed E-state index contributed by atoms with van der Waals surface area (Å²) in [6.45, 7) is 1.46. The lowest BCUT2D eigenvalue weighted by atomic mass is 10.1. The van der Waals surface area contributed by atoms with Crippen molar-refractivity contribution in [2.45, 2.75) is 57.3 Å². The molecular formula is C12H16O6. The van der Waals surface area contributed by atoms with E-state index in [0.717, 1.165) is 12.8 Å². The minimum atomic E-state index is -0.954. The molecule has 0 bridgehead atoms. The van der Waals surface area contributed by atoms with Gasteiger partial charge in [0.2, 0.25) is 6.10 Å². The van der Waals surface area contributed by atoms with Crippen molar-refractivity contribution >= 4 is 17.9 Å². The third-order valence-corrected chi connectivity index (χ3v) is 3.08. The second-order valence-corrected chi connectivity index (χ2v) is 4.60. The molecule has 0 spiro atoms. The first kappa shape index (κ1) is 12.9. The Hall–Kier alpha value is -1.59. The van der Waals surface area contributed by atoms with Gasteiger partial charge in [-0.25, -0.2) is 9.59 Å². The molecule has 2 aliphatic heterocycles. The summed E-state index contributed by atoms with van der Waals surface area (Å²) in [4.78, 5) is 34.2. The van der Waals surface area contributed by atoms with Gasteiger partial charge in [0.1, 0.15) is 6.10 Å². The van der Waals surface area contributed by atoms with Gasteiger partial charge in [0, 0.05) is 12.8 Å². The fraction of sp³-hybridized carbons (Fsp3) is 0.750. The van der Waals surface area contributed by atoms with Crippen LogP contribution in [0.1, 0.15) is 39.0 Å². The molecule has 2 saturated heterocycles. The lowest BCUT2D eigenvalue weighted by Gasteiger charge is -2.27. The van der Waals surface area contributed by atoms with Gasteiger partial charge < -0.3 is 14.2 Å². The van der Waals surface area contributed by atoms with Crippen LogP contribution in [0.25, 0.3) is 0 Å². The molecule has 6 nitrogen and oxygen atoms in total. The number of ether oxygens (including phenoxy) is 3. The molecule has 3 atom stereocenters. The van der Waals surface area contributed by atoms with Crippen LogP contribution in [-0.4, -0.2) is 36.2 Å². The third kappa shape index (κ3) is 3.00. The Labute approximate surface area is 105 Å². The second-order valence-electron chi connectivity index (χ2n) is 4.60. The van der Waals surface area contributed by atoms with Crippen molar-refractivity contribution in [1.29, 1.82) is 0 Å². The summed E-state index contributed by atoms with van der Waals surface area (Å²) in [5, 5.41) is 0. The van der Waals surface area contributed by atoms with Gasteiger partial charge in [-0.15, -0.1) is 0 Å². The number of hydrogen-bond acceptors (Lipinski definition) is 6. The van der Waals surface area contributed by atoms with Crippen molar-refractivity contribution in [3.05, 3.63) is 0 Å². The van der Waals surface area contributed by atoms with Gasteiger partial charge in [0.05, 0.1) is 0 Å². The summed E-state index contributed by atoms with van der Waals surface area (Å²) in [5.41, 5.74) is 0. The normalized spacial score (nSPS) is 33.2. The zero-order valence-electron chi connectivity index (χ0n) is 10.2. The van der Waals surface area contributed by atoms with Crippen LogP contribution in [0, 0.1) is 0 Å². The van der Waals surface area contributed by atoms with Crippen LogP contribution in [0.15, 0.2) is 0 Å². The SMILES string of the molecule is CC1OC(=O)C(CC2CCCCC(=O)O2)OC1=O. The third-order valence-electron chi connectivity index (χ3n) is 3.08. The Kier molecular flexibility index (Phi) is 3.84. The molecule has 2 fully saturated rings. The molecule has 2 aliphatic rings. The quantitative estimate of drug-likeness (QED) is 0.535. The summed E-state index contributed by atoms with van der Waals surface area (Å²) >= 11 is 0. The van der Waals surface area contributed by atoms with E-state index < -0.39 is 24.1 Å². The van der Waals surface area contributed by atoms with E-state index in [4.69, 9.17) is 14.2 Å².